The molecule has 0 heterocycles. The molecule has 0 saturated heterocycles. The molecule has 198 valence electrons. The van der Waals surface area contributed by atoms with E-state index in [1.54, 1.807) is 0 Å². The molecule has 0 aliphatic rings. The van der Waals surface area contributed by atoms with Crippen molar-refractivity contribution in [1.82, 2.24) is 0 Å². The Balaban J connectivity index is 3.79. The number of nitrogens with zero attached hydrogens (tertiary/aromatic N) is 1. The van der Waals surface area contributed by atoms with Gasteiger partial charge in [-0.3, -0.25) is 0 Å². The predicted octanol–water partition coefficient (Wildman–Crippen LogP) is 4.93. The largest absolute Gasteiger partial charge is 0.544 e. The van der Waals surface area contributed by atoms with Crippen molar-refractivity contribution in [2.75, 3.05) is 26.2 Å². The second-order valence-electron chi connectivity index (χ2n) is 9.70. The fraction of sp³-hybridized carbons (Fsp3) is 0.815. The molecule has 7 nitrogen and oxygen atoms in total. The lowest BCUT2D eigenvalue weighted by molar-refractivity contribution is -0.909. The number of carboxylic acids is 3. The fourth-order valence-corrected chi connectivity index (χ4v) is 4.48. The minimum Gasteiger partial charge on any atom is -0.544 e. The normalized spacial score (nSPS) is 11.8. The number of hydrogen-bond acceptors (Lipinski definition) is 4. The maximum atomic E-state index is 11.2. The summed E-state index contributed by atoms with van der Waals surface area (Å²) in [6, 6.07) is 0. The average Bonchev–Trinajstić information content (AvgIpc) is 2.73. The summed E-state index contributed by atoms with van der Waals surface area (Å²) in [4.78, 5) is 33.4. The smallest absolute Gasteiger partial charge is 0.359 e. The molecule has 34 heavy (non-hydrogen) atoms. The molecule has 0 saturated carbocycles. The van der Waals surface area contributed by atoms with Crippen LogP contribution in [-0.2, 0) is 14.4 Å². The highest BCUT2D eigenvalue weighted by molar-refractivity contribution is 5.72. The van der Waals surface area contributed by atoms with E-state index in [0.717, 1.165) is 38.5 Å². The maximum Gasteiger partial charge on any atom is 0.359 e. The minimum absolute atomic E-state index is 0.216. The summed E-state index contributed by atoms with van der Waals surface area (Å²) in [6.07, 6.45) is 24.9. The number of hydrogen-bond donors (Lipinski definition) is 2. The van der Waals surface area contributed by atoms with E-state index in [9.17, 15) is 19.5 Å². The summed E-state index contributed by atoms with van der Waals surface area (Å²) >= 11 is 0. The third-order valence-corrected chi connectivity index (χ3v) is 6.30. The van der Waals surface area contributed by atoms with Gasteiger partial charge in [0.15, 0.2) is 13.1 Å². The van der Waals surface area contributed by atoms with Crippen LogP contribution in [0.2, 0.25) is 0 Å². The third kappa shape index (κ3) is 20.7. The zero-order valence-electron chi connectivity index (χ0n) is 21.5. The van der Waals surface area contributed by atoms with Crippen LogP contribution in [0.5, 0.6) is 0 Å². The SMILES string of the molecule is CCCCCCCCCCC/C=C/CCCCCCCC[N+](CC(=O)[O-])(CC(=O)O)CC(=O)O. The molecular formula is C27H49NO6. The van der Waals surface area contributed by atoms with Gasteiger partial charge in [0.25, 0.3) is 0 Å². The summed E-state index contributed by atoms with van der Waals surface area (Å²) in [6.45, 7) is 0.832. The van der Waals surface area contributed by atoms with E-state index in [4.69, 9.17) is 10.2 Å². The molecule has 0 fully saturated rings. The van der Waals surface area contributed by atoms with Gasteiger partial charge in [0.05, 0.1) is 12.5 Å². The first kappa shape index (κ1) is 32.1. The first-order chi connectivity index (χ1) is 16.3. The monoisotopic (exact) mass is 483 g/mol. The molecule has 0 radical (unpaired) electrons. The van der Waals surface area contributed by atoms with Crippen LogP contribution < -0.4 is 5.11 Å². The summed E-state index contributed by atoms with van der Waals surface area (Å²) in [7, 11) is 0. The molecule has 0 bridgehead atoms. The highest BCUT2D eigenvalue weighted by Crippen LogP contribution is 2.14. The zero-order valence-corrected chi connectivity index (χ0v) is 21.5. The van der Waals surface area contributed by atoms with Crippen molar-refractivity contribution in [3.05, 3.63) is 12.2 Å². The topological polar surface area (TPSA) is 115 Å². The molecule has 0 aromatic heterocycles. The van der Waals surface area contributed by atoms with Crippen LogP contribution in [0.3, 0.4) is 0 Å². The predicted molar refractivity (Wildman–Crippen MR) is 133 cm³/mol. The van der Waals surface area contributed by atoms with E-state index >= 15 is 0 Å². The van der Waals surface area contributed by atoms with E-state index in [1.807, 2.05) is 0 Å². The van der Waals surface area contributed by atoms with Crippen LogP contribution in [0.15, 0.2) is 12.2 Å². The van der Waals surface area contributed by atoms with Crippen molar-refractivity contribution in [3.8, 4) is 0 Å². The van der Waals surface area contributed by atoms with Crippen molar-refractivity contribution in [2.24, 2.45) is 0 Å². The van der Waals surface area contributed by atoms with Crippen molar-refractivity contribution < 1.29 is 34.2 Å². The van der Waals surface area contributed by atoms with Crippen LogP contribution >= 0.6 is 0 Å². The van der Waals surface area contributed by atoms with E-state index in [2.05, 4.69) is 19.1 Å². The van der Waals surface area contributed by atoms with Crippen molar-refractivity contribution >= 4 is 17.9 Å². The van der Waals surface area contributed by atoms with E-state index < -0.39 is 42.0 Å². The summed E-state index contributed by atoms with van der Waals surface area (Å²) < 4.78 is -0.503. The van der Waals surface area contributed by atoms with E-state index in [-0.39, 0.29) is 6.54 Å². The molecule has 0 amide bonds. The average molecular weight is 484 g/mol. The Kier molecular flexibility index (Phi) is 20.4. The molecule has 0 rings (SSSR count). The summed E-state index contributed by atoms with van der Waals surface area (Å²) in [5, 5.41) is 29.3. The Morgan fingerprint density at radius 2 is 1.00 bits per heavy atom. The van der Waals surface area contributed by atoms with Gasteiger partial charge in [0.2, 0.25) is 0 Å². The summed E-state index contributed by atoms with van der Waals surface area (Å²) in [5.41, 5.74) is 0. The van der Waals surface area contributed by atoms with Gasteiger partial charge in [-0.2, -0.15) is 0 Å². The van der Waals surface area contributed by atoms with Crippen molar-refractivity contribution in [1.29, 1.82) is 0 Å². The van der Waals surface area contributed by atoms with Crippen LogP contribution in [-0.4, -0.2) is 58.8 Å². The molecule has 0 aliphatic carbocycles. The van der Waals surface area contributed by atoms with E-state index in [0.29, 0.717) is 6.42 Å². The molecule has 0 atom stereocenters. The Hall–Kier alpha value is -1.89. The van der Waals surface area contributed by atoms with Gasteiger partial charge >= 0.3 is 11.9 Å². The number of allylic oxidation sites excluding steroid dienone is 2. The molecular weight excluding hydrogens is 434 g/mol. The lowest BCUT2D eigenvalue weighted by Gasteiger charge is -2.36. The van der Waals surface area contributed by atoms with E-state index in [1.165, 1.54) is 64.2 Å². The highest BCUT2D eigenvalue weighted by Gasteiger charge is 2.33. The van der Waals surface area contributed by atoms with Gasteiger partial charge < -0.3 is 24.6 Å². The van der Waals surface area contributed by atoms with Gasteiger partial charge in [0, 0.05) is 0 Å². The lowest BCUT2D eigenvalue weighted by Crippen LogP contribution is -2.59. The van der Waals surface area contributed by atoms with Gasteiger partial charge in [-0.05, 0) is 38.5 Å². The molecule has 0 aliphatic heterocycles. The van der Waals surface area contributed by atoms with Crippen LogP contribution in [0, 0.1) is 0 Å². The number of carboxylic acid groups (broad SMARTS) is 3. The fourth-order valence-electron chi connectivity index (χ4n) is 4.48. The third-order valence-electron chi connectivity index (χ3n) is 6.30. The number of rotatable bonds is 25. The van der Waals surface area contributed by atoms with Crippen LogP contribution in [0.4, 0.5) is 0 Å². The van der Waals surface area contributed by atoms with Gasteiger partial charge in [0.1, 0.15) is 6.54 Å². The van der Waals surface area contributed by atoms with Crippen molar-refractivity contribution in [2.45, 2.75) is 116 Å². The first-order valence-electron chi connectivity index (χ1n) is 13.4. The van der Waals surface area contributed by atoms with Crippen molar-refractivity contribution in [3.63, 3.8) is 0 Å². The number of carbonyl (C=O) groups excluding carboxylic acids is 1. The van der Waals surface area contributed by atoms with Crippen LogP contribution in [0.1, 0.15) is 116 Å². The van der Waals surface area contributed by atoms with Gasteiger partial charge in [-0.15, -0.1) is 0 Å². The molecule has 0 spiro atoms. The zero-order chi connectivity index (χ0) is 25.5. The standard InChI is InChI=1S/C27H49NO6/c1-2-3-4-5-6-7-8-9-10-11-12-13-14-15-16-17-18-19-20-21-28(22-25(29)30,23-26(31)32)24-27(33)34/h12-13H,2-11,14-24H2,1H3,(H2-,29,30,31,32,33,34)/b13-12+. The highest BCUT2D eigenvalue weighted by atomic mass is 16.4. The number of unbranched alkanes of at least 4 members (excludes halogenated alkanes) is 15. The quantitative estimate of drug-likeness (QED) is 0.108. The van der Waals surface area contributed by atoms with Gasteiger partial charge in [-0.1, -0.05) is 89.7 Å². The molecule has 0 unspecified atom stereocenters. The Morgan fingerprint density at radius 1 is 0.618 bits per heavy atom. The second-order valence-corrected chi connectivity index (χ2v) is 9.70. The molecule has 7 heteroatoms. The molecule has 0 aromatic carbocycles. The lowest BCUT2D eigenvalue weighted by atomic mass is 10.1. The Morgan fingerprint density at radius 3 is 1.38 bits per heavy atom. The molecule has 0 aromatic rings. The van der Waals surface area contributed by atoms with Gasteiger partial charge in [-0.25, -0.2) is 9.59 Å². The number of aliphatic carboxylic acids is 3. The second kappa shape index (κ2) is 21.6. The summed E-state index contributed by atoms with van der Waals surface area (Å²) in [5.74, 6) is -3.82. The van der Waals surface area contributed by atoms with Crippen LogP contribution in [0.25, 0.3) is 0 Å². The molecule has 2 N–H and O–H groups in total. The maximum absolute atomic E-state index is 11.2. The first-order valence-corrected chi connectivity index (χ1v) is 13.4. The number of quaternary nitrogens is 1. The Bertz CT molecular complexity index is 535. The Labute approximate surface area is 206 Å². The number of carbonyl (C=O) groups is 3. The minimum atomic E-state index is -1.42.